The highest BCUT2D eigenvalue weighted by Crippen LogP contribution is 2.27. The van der Waals surface area contributed by atoms with E-state index in [9.17, 15) is 9.18 Å². The average Bonchev–Trinajstić information content (AvgIpc) is 3.01. The van der Waals surface area contributed by atoms with Crippen molar-refractivity contribution < 1.29 is 13.9 Å². The number of ether oxygens (including phenoxy) is 1. The van der Waals surface area contributed by atoms with Crippen molar-refractivity contribution in [1.29, 1.82) is 0 Å². The maximum Gasteiger partial charge on any atom is 0.233 e. The highest BCUT2D eigenvalue weighted by Gasteiger charge is 2.26. The smallest absolute Gasteiger partial charge is 0.233 e. The summed E-state index contributed by atoms with van der Waals surface area (Å²) >= 11 is 1.35. The minimum Gasteiger partial charge on any atom is -0.372 e. The molecule has 0 spiro atoms. The van der Waals surface area contributed by atoms with E-state index in [1.54, 1.807) is 18.2 Å². The summed E-state index contributed by atoms with van der Waals surface area (Å²) in [6.07, 6.45) is 0.0740. The predicted molar refractivity (Wildman–Crippen MR) is 108 cm³/mol. The molecular formula is C20H27FN4O2S. The number of hydrogen-bond donors (Lipinski definition) is 0. The number of aromatic nitrogens is 3. The van der Waals surface area contributed by atoms with Gasteiger partial charge in [-0.25, -0.2) is 4.39 Å². The van der Waals surface area contributed by atoms with Crippen LogP contribution in [-0.4, -0.2) is 56.6 Å². The SMILES string of the molecule is CC(C)Cn1c(SCC(=O)N2C[C@@H](C)O[C@H](C)C2)nnc1-c1ccccc1F. The van der Waals surface area contributed by atoms with Crippen LogP contribution in [0.3, 0.4) is 0 Å². The number of halogens is 1. The van der Waals surface area contributed by atoms with Crippen LogP contribution < -0.4 is 0 Å². The van der Waals surface area contributed by atoms with E-state index >= 15 is 0 Å². The molecule has 28 heavy (non-hydrogen) atoms. The van der Waals surface area contributed by atoms with Gasteiger partial charge in [-0.1, -0.05) is 37.7 Å². The van der Waals surface area contributed by atoms with E-state index in [1.807, 2.05) is 23.3 Å². The molecule has 1 aromatic heterocycles. The molecule has 2 aromatic rings. The quantitative estimate of drug-likeness (QED) is 0.688. The van der Waals surface area contributed by atoms with Gasteiger partial charge in [-0.3, -0.25) is 4.79 Å². The number of thioether (sulfide) groups is 1. The van der Waals surface area contributed by atoms with Gasteiger partial charge in [0.15, 0.2) is 11.0 Å². The molecule has 8 heteroatoms. The second-order valence-electron chi connectivity index (χ2n) is 7.64. The molecule has 1 aliphatic heterocycles. The Balaban J connectivity index is 1.77. The predicted octanol–water partition coefficient (Wildman–Crippen LogP) is 3.47. The van der Waals surface area contributed by atoms with E-state index in [0.29, 0.717) is 42.1 Å². The molecule has 2 heterocycles. The first-order chi connectivity index (χ1) is 13.3. The van der Waals surface area contributed by atoms with Gasteiger partial charge in [0.05, 0.1) is 23.5 Å². The van der Waals surface area contributed by atoms with Crippen LogP contribution in [0.5, 0.6) is 0 Å². The molecule has 6 nitrogen and oxygen atoms in total. The number of rotatable bonds is 6. The maximum absolute atomic E-state index is 14.3. The van der Waals surface area contributed by atoms with Crippen LogP contribution in [0.25, 0.3) is 11.4 Å². The van der Waals surface area contributed by atoms with Gasteiger partial charge in [0, 0.05) is 19.6 Å². The summed E-state index contributed by atoms with van der Waals surface area (Å²) < 4.78 is 21.9. The van der Waals surface area contributed by atoms with E-state index in [-0.39, 0.29) is 29.7 Å². The highest BCUT2D eigenvalue weighted by atomic mass is 32.2. The van der Waals surface area contributed by atoms with E-state index in [0.717, 1.165) is 0 Å². The van der Waals surface area contributed by atoms with Crippen molar-refractivity contribution in [2.24, 2.45) is 5.92 Å². The molecule has 0 radical (unpaired) electrons. The number of hydrogen-bond acceptors (Lipinski definition) is 5. The normalized spacial score (nSPS) is 20.0. The van der Waals surface area contributed by atoms with E-state index in [2.05, 4.69) is 24.0 Å². The lowest BCUT2D eigenvalue weighted by Crippen LogP contribution is -2.48. The van der Waals surface area contributed by atoms with Crippen molar-refractivity contribution >= 4 is 17.7 Å². The molecule has 1 aromatic carbocycles. The van der Waals surface area contributed by atoms with Crippen molar-refractivity contribution in [1.82, 2.24) is 19.7 Å². The lowest BCUT2D eigenvalue weighted by atomic mass is 10.2. The number of nitrogens with zero attached hydrogens (tertiary/aromatic N) is 4. The van der Waals surface area contributed by atoms with Crippen LogP contribution in [0.2, 0.25) is 0 Å². The summed E-state index contributed by atoms with van der Waals surface area (Å²) in [5.74, 6) is 0.822. The molecule has 1 saturated heterocycles. The van der Waals surface area contributed by atoms with Gasteiger partial charge in [0.1, 0.15) is 5.82 Å². The van der Waals surface area contributed by atoms with Crippen LogP contribution in [0, 0.1) is 11.7 Å². The van der Waals surface area contributed by atoms with Gasteiger partial charge in [-0.05, 0) is 31.9 Å². The van der Waals surface area contributed by atoms with Crippen molar-refractivity contribution in [3.63, 3.8) is 0 Å². The molecule has 3 rings (SSSR count). The zero-order valence-corrected chi connectivity index (χ0v) is 17.6. The first-order valence-corrected chi connectivity index (χ1v) is 10.6. The first kappa shape index (κ1) is 20.8. The molecule has 0 aliphatic carbocycles. The van der Waals surface area contributed by atoms with Gasteiger partial charge < -0.3 is 14.2 Å². The standard InChI is InChI=1S/C20H27FN4O2S/c1-13(2)9-25-19(16-7-5-6-8-17(16)21)22-23-20(25)28-12-18(26)24-10-14(3)27-15(4)11-24/h5-8,13-15H,9-12H2,1-4H3/t14-,15-/m1/s1. The van der Waals surface area contributed by atoms with Crippen molar-refractivity contribution in [3.05, 3.63) is 30.1 Å². The Labute approximate surface area is 169 Å². The molecule has 0 unspecified atom stereocenters. The molecule has 152 valence electrons. The van der Waals surface area contributed by atoms with Crippen LogP contribution in [0.4, 0.5) is 4.39 Å². The number of carbonyl (C=O) groups is 1. The fourth-order valence-electron chi connectivity index (χ4n) is 3.37. The zero-order chi connectivity index (χ0) is 20.3. The monoisotopic (exact) mass is 406 g/mol. The van der Waals surface area contributed by atoms with Crippen LogP contribution in [0.1, 0.15) is 27.7 Å². The number of amides is 1. The summed E-state index contributed by atoms with van der Waals surface area (Å²) in [4.78, 5) is 14.5. The van der Waals surface area contributed by atoms with E-state index in [1.165, 1.54) is 17.8 Å². The van der Waals surface area contributed by atoms with Crippen molar-refractivity contribution in [2.75, 3.05) is 18.8 Å². The molecule has 2 atom stereocenters. The topological polar surface area (TPSA) is 60.2 Å². The van der Waals surface area contributed by atoms with Crippen molar-refractivity contribution in [2.45, 2.75) is 51.6 Å². The van der Waals surface area contributed by atoms with Gasteiger partial charge in [0.2, 0.25) is 5.91 Å². The third kappa shape index (κ3) is 4.91. The second kappa shape index (κ2) is 9.05. The van der Waals surface area contributed by atoms with Gasteiger partial charge in [-0.2, -0.15) is 0 Å². The lowest BCUT2D eigenvalue weighted by Gasteiger charge is -2.35. The summed E-state index contributed by atoms with van der Waals surface area (Å²) in [7, 11) is 0. The minimum absolute atomic E-state index is 0.0370. The summed E-state index contributed by atoms with van der Waals surface area (Å²) in [5, 5.41) is 9.10. The van der Waals surface area contributed by atoms with E-state index < -0.39 is 0 Å². The third-order valence-electron chi connectivity index (χ3n) is 4.48. The van der Waals surface area contributed by atoms with Crippen LogP contribution in [0.15, 0.2) is 29.4 Å². The molecular weight excluding hydrogens is 379 g/mol. The fourth-order valence-corrected chi connectivity index (χ4v) is 4.22. The second-order valence-corrected chi connectivity index (χ2v) is 8.58. The summed E-state index contributed by atoms with van der Waals surface area (Å²) in [5.41, 5.74) is 0.421. The molecule has 1 amide bonds. The van der Waals surface area contributed by atoms with Crippen LogP contribution in [-0.2, 0) is 16.1 Å². The summed E-state index contributed by atoms with van der Waals surface area (Å²) in [6, 6.07) is 6.55. The van der Waals surface area contributed by atoms with Crippen molar-refractivity contribution in [3.8, 4) is 11.4 Å². The maximum atomic E-state index is 14.3. The highest BCUT2D eigenvalue weighted by molar-refractivity contribution is 7.99. The number of morpholine rings is 1. The van der Waals surface area contributed by atoms with Gasteiger partial charge in [-0.15, -0.1) is 10.2 Å². The molecule has 1 fully saturated rings. The Kier molecular flexibility index (Phi) is 6.72. The Morgan fingerprint density at radius 1 is 1.25 bits per heavy atom. The summed E-state index contributed by atoms with van der Waals surface area (Å²) in [6.45, 7) is 9.97. The largest absolute Gasteiger partial charge is 0.372 e. The van der Waals surface area contributed by atoms with E-state index in [4.69, 9.17) is 4.74 Å². The Morgan fingerprint density at radius 3 is 2.57 bits per heavy atom. The third-order valence-corrected chi connectivity index (χ3v) is 5.43. The Morgan fingerprint density at radius 2 is 1.93 bits per heavy atom. The first-order valence-electron chi connectivity index (χ1n) is 9.59. The molecule has 1 aliphatic rings. The minimum atomic E-state index is -0.330. The Bertz CT molecular complexity index is 816. The van der Waals surface area contributed by atoms with Gasteiger partial charge >= 0.3 is 0 Å². The Hall–Kier alpha value is -1.93. The fraction of sp³-hybridized carbons (Fsp3) is 0.550. The van der Waals surface area contributed by atoms with Gasteiger partial charge in [0.25, 0.3) is 0 Å². The molecule has 0 N–H and O–H groups in total. The number of benzene rings is 1. The molecule has 0 bridgehead atoms. The number of carbonyl (C=O) groups excluding carboxylic acids is 1. The zero-order valence-electron chi connectivity index (χ0n) is 16.8. The molecule has 0 saturated carbocycles. The van der Waals surface area contributed by atoms with Crippen LogP contribution >= 0.6 is 11.8 Å². The lowest BCUT2D eigenvalue weighted by molar-refractivity contribution is -0.140. The average molecular weight is 407 g/mol.